The van der Waals surface area contributed by atoms with E-state index in [0.717, 1.165) is 37.4 Å². The van der Waals surface area contributed by atoms with E-state index in [0.29, 0.717) is 5.92 Å². The van der Waals surface area contributed by atoms with Gasteiger partial charge in [0.1, 0.15) is 5.76 Å². The molecule has 1 aromatic rings. The second-order valence-corrected chi connectivity index (χ2v) is 4.08. The van der Waals surface area contributed by atoms with Crippen LogP contribution in [-0.2, 0) is 4.74 Å². The average Bonchev–Trinajstić information content (AvgIpc) is 2.68. The molecule has 0 bridgehead atoms. The van der Waals surface area contributed by atoms with Gasteiger partial charge in [-0.3, -0.25) is 11.3 Å². The Bertz CT molecular complexity index is 305. The first kappa shape index (κ1) is 10.7. The van der Waals surface area contributed by atoms with E-state index in [1.165, 1.54) is 0 Å². The minimum Gasteiger partial charge on any atom is -0.469 e. The van der Waals surface area contributed by atoms with Crippen molar-refractivity contribution in [1.82, 2.24) is 5.43 Å². The van der Waals surface area contributed by atoms with Gasteiger partial charge in [0.15, 0.2) is 0 Å². The number of aryl methyl sites for hydroxylation is 1. The van der Waals surface area contributed by atoms with Gasteiger partial charge in [-0.05, 0) is 31.7 Å². The molecular weight excluding hydrogens is 192 g/mol. The molecular formula is C11H18N2O2. The molecule has 1 aliphatic rings. The van der Waals surface area contributed by atoms with Gasteiger partial charge in [-0.2, -0.15) is 0 Å². The number of furan rings is 1. The van der Waals surface area contributed by atoms with Gasteiger partial charge in [0, 0.05) is 18.8 Å². The third-order valence-corrected chi connectivity index (χ3v) is 3.03. The second-order valence-electron chi connectivity index (χ2n) is 4.08. The molecule has 3 N–H and O–H groups in total. The number of nitrogens with one attached hydrogen (secondary N) is 1. The summed E-state index contributed by atoms with van der Waals surface area (Å²) < 4.78 is 10.7. The molecule has 1 unspecified atom stereocenters. The first-order valence-corrected chi connectivity index (χ1v) is 5.40. The number of hydrogen-bond acceptors (Lipinski definition) is 4. The molecule has 0 saturated carbocycles. The van der Waals surface area contributed by atoms with Gasteiger partial charge in [-0.25, -0.2) is 0 Å². The van der Waals surface area contributed by atoms with Crippen molar-refractivity contribution in [3.05, 3.63) is 23.7 Å². The highest BCUT2D eigenvalue weighted by molar-refractivity contribution is 5.17. The normalized spacial score (nSPS) is 20.4. The quantitative estimate of drug-likeness (QED) is 0.586. The first-order valence-electron chi connectivity index (χ1n) is 5.40. The van der Waals surface area contributed by atoms with Crippen LogP contribution in [0.25, 0.3) is 0 Å². The van der Waals surface area contributed by atoms with Gasteiger partial charge in [0.25, 0.3) is 0 Å². The van der Waals surface area contributed by atoms with E-state index in [-0.39, 0.29) is 6.04 Å². The Hall–Kier alpha value is -0.840. The fraction of sp³-hybridized carbons (Fsp3) is 0.636. The summed E-state index contributed by atoms with van der Waals surface area (Å²) in [7, 11) is 0. The topological polar surface area (TPSA) is 60.4 Å². The van der Waals surface area contributed by atoms with E-state index < -0.39 is 0 Å². The summed E-state index contributed by atoms with van der Waals surface area (Å²) in [5, 5.41) is 0. The molecule has 1 aromatic heterocycles. The third kappa shape index (κ3) is 2.40. The predicted octanol–water partition coefficient (Wildman–Crippen LogP) is 1.52. The van der Waals surface area contributed by atoms with Crippen LogP contribution in [0.15, 0.2) is 16.7 Å². The second kappa shape index (κ2) is 4.79. The zero-order valence-electron chi connectivity index (χ0n) is 9.03. The number of rotatable bonds is 3. The SMILES string of the molecule is Cc1cc(C(NN)C2CCOCC2)co1. The standard InChI is InChI=1S/C11H18N2O2/c1-8-6-10(7-15-8)11(13-12)9-2-4-14-5-3-9/h6-7,9,11,13H,2-5,12H2,1H3. The summed E-state index contributed by atoms with van der Waals surface area (Å²) in [5.41, 5.74) is 4.03. The minimum atomic E-state index is 0.186. The molecule has 0 spiro atoms. The van der Waals surface area contributed by atoms with Crippen LogP contribution in [0.3, 0.4) is 0 Å². The Morgan fingerprint density at radius 2 is 2.20 bits per heavy atom. The van der Waals surface area contributed by atoms with Gasteiger partial charge in [-0.15, -0.1) is 0 Å². The van der Waals surface area contributed by atoms with E-state index in [4.69, 9.17) is 15.0 Å². The molecule has 4 nitrogen and oxygen atoms in total. The highest BCUT2D eigenvalue weighted by Crippen LogP contribution is 2.30. The fourth-order valence-electron chi connectivity index (χ4n) is 2.18. The van der Waals surface area contributed by atoms with Crippen molar-refractivity contribution in [2.45, 2.75) is 25.8 Å². The lowest BCUT2D eigenvalue weighted by molar-refractivity contribution is 0.0535. The summed E-state index contributed by atoms with van der Waals surface area (Å²) in [6.45, 7) is 3.61. The highest BCUT2D eigenvalue weighted by Gasteiger charge is 2.25. The Morgan fingerprint density at radius 1 is 1.47 bits per heavy atom. The monoisotopic (exact) mass is 210 g/mol. The molecule has 2 heterocycles. The van der Waals surface area contributed by atoms with Crippen molar-refractivity contribution < 1.29 is 9.15 Å². The van der Waals surface area contributed by atoms with E-state index >= 15 is 0 Å². The smallest absolute Gasteiger partial charge is 0.101 e. The van der Waals surface area contributed by atoms with E-state index in [2.05, 4.69) is 5.43 Å². The summed E-state index contributed by atoms with van der Waals surface area (Å²) in [4.78, 5) is 0. The average molecular weight is 210 g/mol. The van der Waals surface area contributed by atoms with Crippen molar-refractivity contribution in [2.24, 2.45) is 11.8 Å². The molecule has 0 amide bonds. The molecule has 1 saturated heterocycles. The molecule has 1 fully saturated rings. The van der Waals surface area contributed by atoms with Gasteiger partial charge < -0.3 is 9.15 Å². The number of nitrogens with two attached hydrogens (primary N) is 1. The number of hydrogen-bond donors (Lipinski definition) is 2. The van der Waals surface area contributed by atoms with Gasteiger partial charge >= 0.3 is 0 Å². The molecule has 15 heavy (non-hydrogen) atoms. The van der Waals surface area contributed by atoms with Crippen LogP contribution in [0.1, 0.15) is 30.2 Å². The van der Waals surface area contributed by atoms with Crippen LogP contribution < -0.4 is 11.3 Å². The van der Waals surface area contributed by atoms with Crippen LogP contribution in [0, 0.1) is 12.8 Å². The van der Waals surface area contributed by atoms with Crippen molar-refractivity contribution >= 4 is 0 Å². The zero-order chi connectivity index (χ0) is 10.7. The van der Waals surface area contributed by atoms with Crippen molar-refractivity contribution in [2.75, 3.05) is 13.2 Å². The van der Waals surface area contributed by atoms with Crippen molar-refractivity contribution in [3.63, 3.8) is 0 Å². The lowest BCUT2D eigenvalue weighted by atomic mass is 9.88. The van der Waals surface area contributed by atoms with Gasteiger partial charge in [0.2, 0.25) is 0 Å². The zero-order valence-corrected chi connectivity index (χ0v) is 9.03. The largest absolute Gasteiger partial charge is 0.469 e. The molecule has 2 rings (SSSR count). The fourth-order valence-corrected chi connectivity index (χ4v) is 2.18. The maximum absolute atomic E-state index is 5.61. The highest BCUT2D eigenvalue weighted by atomic mass is 16.5. The van der Waals surface area contributed by atoms with Gasteiger partial charge in [-0.1, -0.05) is 0 Å². The van der Waals surface area contributed by atoms with Crippen LogP contribution in [0.4, 0.5) is 0 Å². The summed E-state index contributed by atoms with van der Waals surface area (Å²) in [5.74, 6) is 7.08. The van der Waals surface area contributed by atoms with Crippen LogP contribution >= 0.6 is 0 Å². The maximum Gasteiger partial charge on any atom is 0.101 e. The van der Waals surface area contributed by atoms with E-state index in [1.807, 2.05) is 13.0 Å². The summed E-state index contributed by atoms with van der Waals surface area (Å²) >= 11 is 0. The number of ether oxygens (including phenoxy) is 1. The molecule has 0 radical (unpaired) electrons. The minimum absolute atomic E-state index is 0.186. The van der Waals surface area contributed by atoms with E-state index in [9.17, 15) is 0 Å². The molecule has 0 aliphatic carbocycles. The third-order valence-electron chi connectivity index (χ3n) is 3.03. The van der Waals surface area contributed by atoms with Crippen molar-refractivity contribution in [1.29, 1.82) is 0 Å². The van der Waals surface area contributed by atoms with Gasteiger partial charge in [0.05, 0.1) is 12.3 Å². The maximum atomic E-state index is 5.61. The Kier molecular flexibility index (Phi) is 3.41. The predicted molar refractivity (Wildman–Crippen MR) is 57.1 cm³/mol. The summed E-state index contributed by atoms with van der Waals surface area (Å²) in [6, 6.07) is 2.23. The Balaban J connectivity index is 2.08. The Morgan fingerprint density at radius 3 is 2.73 bits per heavy atom. The molecule has 4 heteroatoms. The number of hydrazine groups is 1. The van der Waals surface area contributed by atoms with Crippen LogP contribution in [-0.4, -0.2) is 13.2 Å². The molecule has 1 atom stereocenters. The van der Waals surface area contributed by atoms with E-state index in [1.54, 1.807) is 6.26 Å². The molecule has 0 aromatic carbocycles. The van der Waals surface area contributed by atoms with Crippen LogP contribution in [0.5, 0.6) is 0 Å². The summed E-state index contributed by atoms with van der Waals surface area (Å²) in [6.07, 6.45) is 3.90. The first-order chi connectivity index (χ1) is 7.31. The Labute approximate surface area is 89.7 Å². The van der Waals surface area contributed by atoms with Crippen molar-refractivity contribution in [3.8, 4) is 0 Å². The molecule has 84 valence electrons. The van der Waals surface area contributed by atoms with Crippen LogP contribution in [0.2, 0.25) is 0 Å². The lowest BCUT2D eigenvalue weighted by Gasteiger charge is -2.29. The lowest BCUT2D eigenvalue weighted by Crippen LogP contribution is -2.35. The molecule has 1 aliphatic heterocycles.